The van der Waals surface area contributed by atoms with Crippen LogP contribution in [0.15, 0.2) is 12.3 Å². The van der Waals surface area contributed by atoms with Crippen molar-refractivity contribution in [3.8, 4) is 6.07 Å². The minimum atomic E-state index is -4.28. The van der Waals surface area contributed by atoms with Crippen LogP contribution in [0.25, 0.3) is 0 Å². The summed E-state index contributed by atoms with van der Waals surface area (Å²) in [6, 6.07) is 1.73. The zero-order chi connectivity index (χ0) is 9.61. The summed E-state index contributed by atoms with van der Waals surface area (Å²) in [6.45, 7) is 4.43. The van der Waals surface area contributed by atoms with E-state index in [1.165, 1.54) is 6.92 Å². The third kappa shape index (κ3) is 5.93. The van der Waals surface area contributed by atoms with Gasteiger partial charge < -0.3 is 13.9 Å². The summed E-state index contributed by atoms with van der Waals surface area (Å²) in [6.07, 6.45) is 0.00573. The largest absolute Gasteiger partial charge is 0.746 e. The molecule has 68 valence electrons. The molecule has 0 aromatic rings. The molecule has 0 saturated carbocycles. The normalized spacial score (nSPS) is 14.4. The number of nitrogens with zero attached hydrogens (tertiary/aromatic N) is 1. The summed E-state index contributed by atoms with van der Waals surface area (Å²) in [5.41, 5.74) is 0. The third-order valence-electron chi connectivity index (χ3n) is 0.731. The Morgan fingerprint density at radius 1 is 1.83 bits per heavy atom. The van der Waals surface area contributed by atoms with Gasteiger partial charge in [0.1, 0.15) is 0 Å². The van der Waals surface area contributed by atoms with Gasteiger partial charge in [-0.3, -0.25) is 4.57 Å². The van der Waals surface area contributed by atoms with E-state index in [1.807, 2.05) is 0 Å². The Balaban J connectivity index is 3.81. The van der Waals surface area contributed by atoms with Gasteiger partial charge >= 0.3 is 7.82 Å². The van der Waals surface area contributed by atoms with E-state index in [2.05, 4.69) is 15.6 Å². The van der Waals surface area contributed by atoms with Crippen LogP contribution in [0.3, 0.4) is 0 Å². The van der Waals surface area contributed by atoms with Gasteiger partial charge in [0.2, 0.25) is 0 Å². The zero-order valence-corrected chi connectivity index (χ0v) is 7.54. The van der Waals surface area contributed by atoms with Gasteiger partial charge in [-0.1, -0.05) is 6.58 Å². The lowest BCUT2D eigenvalue weighted by Crippen LogP contribution is -2.07. The molecule has 0 radical (unpaired) electrons. The highest BCUT2D eigenvalue weighted by atomic mass is 31.2. The molecule has 0 aliphatic carbocycles. The van der Waals surface area contributed by atoms with Crippen molar-refractivity contribution in [3.05, 3.63) is 12.3 Å². The van der Waals surface area contributed by atoms with Gasteiger partial charge in [0.25, 0.3) is 0 Å². The molecular formula is C6H9NO4P-. The first-order valence-electron chi connectivity index (χ1n) is 3.15. The molecule has 1 unspecified atom stereocenters. The fourth-order valence-corrected chi connectivity index (χ4v) is 1.17. The van der Waals surface area contributed by atoms with Crippen LogP contribution in [-0.4, -0.2) is 6.61 Å². The minimum absolute atomic E-state index is 0.00573. The van der Waals surface area contributed by atoms with E-state index >= 15 is 0 Å². The van der Waals surface area contributed by atoms with Crippen molar-refractivity contribution in [2.45, 2.75) is 13.3 Å². The molecule has 0 N–H and O–H groups in total. The second-order valence-electron chi connectivity index (χ2n) is 1.98. The van der Waals surface area contributed by atoms with E-state index in [4.69, 9.17) is 5.26 Å². The SMILES string of the molecule is C=C(C)OP(=O)([O-])OCCC#N. The molecule has 0 heterocycles. The van der Waals surface area contributed by atoms with Crippen molar-refractivity contribution in [1.29, 1.82) is 5.26 Å². The maximum Gasteiger partial charge on any atom is 0.319 e. The molecule has 0 spiro atoms. The van der Waals surface area contributed by atoms with Crippen LogP contribution in [0.1, 0.15) is 13.3 Å². The predicted molar refractivity (Wildman–Crippen MR) is 39.7 cm³/mol. The minimum Gasteiger partial charge on any atom is -0.746 e. The fraction of sp³-hybridized carbons (Fsp3) is 0.500. The predicted octanol–water partition coefficient (Wildman–Crippen LogP) is 0.935. The molecule has 1 atom stereocenters. The zero-order valence-electron chi connectivity index (χ0n) is 6.65. The lowest BCUT2D eigenvalue weighted by atomic mass is 10.5. The molecule has 12 heavy (non-hydrogen) atoms. The fourth-order valence-electron chi connectivity index (χ4n) is 0.420. The van der Waals surface area contributed by atoms with Gasteiger partial charge in [-0.15, -0.1) is 0 Å². The summed E-state index contributed by atoms with van der Waals surface area (Å²) < 4.78 is 19.3. The van der Waals surface area contributed by atoms with Gasteiger partial charge in [0, 0.05) is 0 Å². The van der Waals surface area contributed by atoms with Gasteiger partial charge in [0.15, 0.2) is 0 Å². The van der Waals surface area contributed by atoms with Crippen molar-refractivity contribution < 1.29 is 18.5 Å². The molecule has 5 nitrogen and oxygen atoms in total. The Kier molecular flexibility index (Phi) is 4.60. The molecule has 0 aromatic carbocycles. The van der Waals surface area contributed by atoms with Gasteiger partial charge in [-0.25, -0.2) is 0 Å². The molecule has 0 aliphatic heterocycles. The third-order valence-corrected chi connectivity index (χ3v) is 1.76. The topological polar surface area (TPSA) is 82.4 Å². The van der Waals surface area contributed by atoms with Crippen LogP contribution in [-0.2, 0) is 13.6 Å². The Labute approximate surface area is 70.8 Å². The maximum atomic E-state index is 10.7. The average molecular weight is 190 g/mol. The van der Waals surface area contributed by atoms with E-state index in [-0.39, 0.29) is 18.8 Å². The van der Waals surface area contributed by atoms with Gasteiger partial charge in [0.05, 0.1) is 24.9 Å². The maximum absolute atomic E-state index is 10.7. The Hall–Kier alpha value is -0.820. The summed E-state index contributed by atoms with van der Waals surface area (Å²) in [5.74, 6) is 0.0327. The number of hydrogen-bond donors (Lipinski definition) is 0. The number of nitriles is 1. The van der Waals surface area contributed by atoms with Crippen molar-refractivity contribution in [2.24, 2.45) is 0 Å². The first kappa shape index (κ1) is 11.2. The number of allylic oxidation sites excluding steroid dienone is 1. The molecule has 0 aromatic heterocycles. The lowest BCUT2D eigenvalue weighted by molar-refractivity contribution is -0.221. The van der Waals surface area contributed by atoms with E-state index in [9.17, 15) is 9.46 Å². The number of hydrogen-bond acceptors (Lipinski definition) is 5. The lowest BCUT2D eigenvalue weighted by Gasteiger charge is -2.22. The summed E-state index contributed by atoms with van der Waals surface area (Å²) in [5, 5.41) is 8.06. The van der Waals surface area contributed by atoms with Crippen LogP contribution < -0.4 is 4.89 Å². The molecule has 6 heteroatoms. The molecule has 0 aliphatic rings. The summed E-state index contributed by atoms with van der Waals surface area (Å²) in [4.78, 5) is 10.7. The molecule has 0 bridgehead atoms. The number of rotatable bonds is 5. The monoisotopic (exact) mass is 190 g/mol. The first-order chi connectivity index (χ1) is 5.48. The Morgan fingerprint density at radius 2 is 2.42 bits per heavy atom. The second-order valence-corrected chi connectivity index (χ2v) is 3.32. The van der Waals surface area contributed by atoms with E-state index in [0.29, 0.717) is 0 Å². The van der Waals surface area contributed by atoms with Crippen molar-refractivity contribution in [2.75, 3.05) is 6.61 Å². The van der Waals surface area contributed by atoms with Crippen LogP contribution in [0.2, 0.25) is 0 Å². The van der Waals surface area contributed by atoms with Crippen LogP contribution in [0, 0.1) is 11.3 Å². The first-order valence-corrected chi connectivity index (χ1v) is 4.61. The highest BCUT2D eigenvalue weighted by molar-refractivity contribution is 7.46. The number of phosphoric acid groups is 1. The molecule has 0 rings (SSSR count). The summed E-state index contributed by atoms with van der Waals surface area (Å²) in [7, 11) is -4.28. The van der Waals surface area contributed by atoms with Crippen LogP contribution in [0.5, 0.6) is 0 Å². The van der Waals surface area contributed by atoms with Crippen molar-refractivity contribution >= 4 is 7.82 Å². The van der Waals surface area contributed by atoms with Crippen LogP contribution >= 0.6 is 7.82 Å². The van der Waals surface area contributed by atoms with E-state index in [0.717, 1.165) is 0 Å². The van der Waals surface area contributed by atoms with Crippen molar-refractivity contribution in [3.63, 3.8) is 0 Å². The Bertz CT molecular complexity index is 244. The van der Waals surface area contributed by atoms with Crippen LogP contribution in [0.4, 0.5) is 0 Å². The highest BCUT2D eigenvalue weighted by Crippen LogP contribution is 2.40. The smallest absolute Gasteiger partial charge is 0.319 e. The molecule has 0 amide bonds. The second kappa shape index (κ2) is 4.94. The number of phosphoric ester groups is 1. The Morgan fingerprint density at radius 3 is 2.83 bits per heavy atom. The highest BCUT2D eigenvalue weighted by Gasteiger charge is 2.08. The molecule has 0 fully saturated rings. The van der Waals surface area contributed by atoms with Gasteiger partial charge in [-0.2, -0.15) is 5.26 Å². The van der Waals surface area contributed by atoms with E-state index < -0.39 is 7.82 Å². The molecular weight excluding hydrogens is 181 g/mol. The molecule has 0 saturated heterocycles. The van der Waals surface area contributed by atoms with Gasteiger partial charge in [-0.05, 0) is 6.92 Å². The quantitative estimate of drug-likeness (QED) is 0.366. The van der Waals surface area contributed by atoms with Crippen molar-refractivity contribution in [1.82, 2.24) is 0 Å². The standard InChI is InChI=1S/C6H10NO4P/c1-6(2)11-12(8,9)10-5-3-4-7/h1,3,5H2,2H3,(H,8,9)/p-1. The summed E-state index contributed by atoms with van der Waals surface area (Å²) >= 11 is 0. The van der Waals surface area contributed by atoms with E-state index in [1.54, 1.807) is 6.07 Å². The average Bonchev–Trinajstić information content (AvgIpc) is 1.84.